The van der Waals surface area contributed by atoms with Crippen molar-refractivity contribution in [1.82, 2.24) is 19.9 Å². The number of thiazole rings is 1. The molecule has 8 heteroatoms. The van der Waals surface area contributed by atoms with Crippen LogP contribution >= 0.6 is 11.3 Å². The Balaban J connectivity index is 1.83. The van der Waals surface area contributed by atoms with Gasteiger partial charge in [-0.3, -0.25) is 9.59 Å². The molecule has 0 aromatic carbocycles. The van der Waals surface area contributed by atoms with E-state index in [1.165, 1.54) is 11.3 Å². The molecular weight excluding hydrogens is 316 g/mol. The molecular formula is C15H16N4O3S. The Morgan fingerprint density at radius 3 is 2.78 bits per heavy atom. The van der Waals surface area contributed by atoms with Gasteiger partial charge in [-0.25, -0.2) is 15.0 Å². The maximum Gasteiger partial charge on any atom is 0.308 e. The zero-order valence-electron chi connectivity index (χ0n) is 12.6. The van der Waals surface area contributed by atoms with Crippen LogP contribution in [0.25, 0.3) is 10.8 Å². The highest BCUT2D eigenvalue weighted by Crippen LogP contribution is 2.28. The number of carbonyl (C=O) groups is 2. The molecule has 23 heavy (non-hydrogen) atoms. The van der Waals surface area contributed by atoms with E-state index >= 15 is 0 Å². The van der Waals surface area contributed by atoms with E-state index in [1.54, 1.807) is 30.3 Å². The molecule has 1 atom stereocenters. The molecule has 1 aliphatic rings. The predicted octanol–water partition coefficient (Wildman–Crippen LogP) is 1.85. The number of hydrogen-bond acceptors (Lipinski definition) is 6. The Labute approximate surface area is 137 Å². The first-order valence-electron chi connectivity index (χ1n) is 7.33. The van der Waals surface area contributed by atoms with Crippen molar-refractivity contribution in [2.45, 2.75) is 19.8 Å². The molecule has 0 aliphatic carbocycles. The summed E-state index contributed by atoms with van der Waals surface area (Å²) in [6, 6.07) is 1.72. The van der Waals surface area contributed by atoms with Gasteiger partial charge in [0.15, 0.2) is 10.8 Å². The van der Waals surface area contributed by atoms with Crippen molar-refractivity contribution in [3.05, 3.63) is 29.0 Å². The van der Waals surface area contributed by atoms with Crippen molar-refractivity contribution >= 4 is 23.2 Å². The van der Waals surface area contributed by atoms with E-state index in [-0.39, 0.29) is 12.5 Å². The van der Waals surface area contributed by atoms with E-state index in [0.717, 1.165) is 0 Å². The number of carbonyl (C=O) groups excluding carboxylic acids is 1. The van der Waals surface area contributed by atoms with Gasteiger partial charge in [0.05, 0.1) is 11.6 Å². The lowest BCUT2D eigenvalue weighted by Crippen LogP contribution is -2.42. The predicted molar refractivity (Wildman–Crippen MR) is 84.1 cm³/mol. The summed E-state index contributed by atoms with van der Waals surface area (Å²) in [5.74, 6) is -1.01. The summed E-state index contributed by atoms with van der Waals surface area (Å²) in [7, 11) is 0. The highest BCUT2D eigenvalue weighted by Gasteiger charge is 2.30. The number of nitrogens with zero attached hydrogens (tertiary/aromatic N) is 4. The molecule has 7 nitrogen and oxygen atoms in total. The number of aromatic nitrogens is 3. The maximum atomic E-state index is 12.7. The molecule has 1 unspecified atom stereocenters. The van der Waals surface area contributed by atoms with Gasteiger partial charge in [0.1, 0.15) is 4.88 Å². The molecule has 1 saturated heterocycles. The van der Waals surface area contributed by atoms with Crippen molar-refractivity contribution in [2.75, 3.05) is 13.1 Å². The monoisotopic (exact) mass is 332 g/mol. The summed E-state index contributed by atoms with van der Waals surface area (Å²) in [4.78, 5) is 38.7. The van der Waals surface area contributed by atoms with E-state index < -0.39 is 11.9 Å². The summed E-state index contributed by atoms with van der Waals surface area (Å²) >= 11 is 1.25. The number of hydrogen-bond donors (Lipinski definition) is 1. The molecule has 0 bridgehead atoms. The number of amides is 1. The van der Waals surface area contributed by atoms with Gasteiger partial charge in [-0.2, -0.15) is 0 Å². The summed E-state index contributed by atoms with van der Waals surface area (Å²) in [6.07, 6.45) is 4.57. The molecule has 3 heterocycles. The van der Waals surface area contributed by atoms with Gasteiger partial charge < -0.3 is 10.0 Å². The highest BCUT2D eigenvalue weighted by molar-refractivity contribution is 7.17. The molecule has 1 aliphatic heterocycles. The van der Waals surface area contributed by atoms with E-state index in [9.17, 15) is 9.59 Å². The van der Waals surface area contributed by atoms with Gasteiger partial charge in [-0.05, 0) is 25.8 Å². The Morgan fingerprint density at radius 2 is 2.09 bits per heavy atom. The third-order valence-corrected chi connectivity index (χ3v) is 4.95. The van der Waals surface area contributed by atoms with Crippen LogP contribution in [0, 0.1) is 12.8 Å². The second-order valence-corrected chi connectivity index (χ2v) is 6.43. The Morgan fingerprint density at radius 1 is 1.35 bits per heavy atom. The lowest BCUT2D eigenvalue weighted by molar-refractivity contribution is -0.143. The first kappa shape index (κ1) is 15.5. The van der Waals surface area contributed by atoms with Gasteiger partial charge in [0.25, 0.3) is 5.91 Å². The molecule has 3 rings (SSSR count). The van der Waals surface area contributed by atoms with Gasteiger partial charge in [0, 0.05) is 25.5 Å². The number of aliphatic carboxylic acids is 1. The lowest BCUT2D eigenvalue weighted by Gasteiger charge is -2.30. The average molecular weight is 332 g/mol. The van der Waals surface area contributed by atoms with Crippen LogP contribution < -0.4 is 0 Å². The quantitative estimate of drug-likeness (QED) is 0.921. The molecule has 0 radical (unpaired) electrons. The molecule has 2 aromatic rings. The topological polar surface area (TPSA) is 96.3 Å². The largest absolute Gasteiger partial charge is 0.481 e. The number of rotatable bonds is 3. The normalized spacial score (nSPS) is 18.0. The van der Waals surface area contributed by atoms with Crippen LogP contribution in [-0.4, -0.2) is 49.9 Å². The summed E-state index contributed by atoms with van der Waals surface area (Å²) in [5, 5.41) is 9.75. The van der Waals surface area contributed by atoms with E-state index in [1.807, 2.05) is 0 Å². The van der Waals surface area contributed by atoms with Crippen molar-refractivity contribution in [3.63, 3.8) is 0 Å². The minimum absolute atomic E-state index is 0.159. The zero-order valence-corrected chi connectivity index (χ0v) is 13.4. The Hall–Kier alpha value is -2.35. The second-order valence-electron chi connectivity index (χ2n) is 5.43. The minimum Gasteiger partial charge on any atom is -0.481 e. The van der Waals surface area contributed by atoms with Crippen LogP contribution in [-0.2, 0) is 4.79 Å². The summed E-state index contributed by atoms with van der Waals surface area (Å²) < 4.78 is 0. The van der Waals surface area contributed by atoms with Crippen LogP contribution in [0.2, 0.25) is 0 Å². The number of aryl methyl sites for hydroxylation is 1. The van der Waals surface area contributed by atoms with Gasteiger partial charge in [0.2, 0.25) is 0 Å². The van der Waals surface area contributed by atoms with Crippen molar-refractivity contribution in [3.8, 4) is 10.8 Å². The maximum absolute atomic E-state index is 12.7. The van der Waals surface area contributed by atoms with E-state index in [2.05, 4.69) is 15.0 Å². The summed E-state index contributed by atoms with van der Waals surface area (Å²) in [6.45, 7) is 2.61. The van der Waals surface area contributed by atoms with Gasteiger partial charge >= 0.3 is 5.97 Å². The third kappa shape index (κ3) is 3.21. The fourth-order valence-electron chi connectivity index (χ4n) is 2.61. The average Bonchev–Trinajstić information content (AvgIpc) is 2.97. The number of carboxylic acids is 1. The standard InChI is InChI=1S/C15H16N4O3S/c1-9-11(23-13(18-9)12-16-5-3-6-17-12)14(20)19-7-2-4-10(8-19)15(21)22/h3,5-6,10H,2,4,7-8H2,1H3,(H,21,22). The Bertz CT molecular complexity index is 732. The fraction of sp³-hybridized carbons (Fsp3) is 0.400. The number of likely N-dealkylation sites (tertiary alicyclic amines) is 1. The van der Waals surface area contributed by atoms with E-state index in [0.29, 0.717) is 40.8 Å². The minimum atomic E-state index is -0.845. The molecule has 1 N–H and O–H groups in total. The number of piperidine rings is 1. The van der Waals surface area contributed by atoms with Crippen LogP contribution in [0.15, 0.2) is 18.5 Å². The lowest BCUT2D eigenvalue weighted by atomic mass is 9.98. The van der Waals surface area contributed by atoms with Crippen molar-refractivity contribution in [1.29, 1.82) is 0 Å². The van der Waals surface area contributed by atoms with Gasteiger partial charge in [-0.15, -0.1) is 11.3 Å². The van der Waals surface area contributed by atoms with Crippen LogP contribution in [0.4, 0.5) is 0 Å². The Kier molecular flexibility index (Phi) is 4.33. The van der Waals surface area contributed by atoms with Crippen LogP contribution in [0.1, 0.15) is 28.2 Å². The number of carboxylic acid groups (broad SMARTS) is 1. The van der Waals surface area contributed by atoms with Crippen LogP contribution in [0.3, 0.4) is 0 Å². The highest BCUT2D eigenvalue weighted by atomic mass is 32.1. The third-order valence-electron chi connectivity index (χ3n) is 3.81. The molecule has 0 spiro atoms. The van der Waals surface area contributed by atoms with Crippen molar-refractivity contribution < 1.29 is 14.7 Å². The fourth-order valence-corrected chi connectivity index (χ4v) is 3.59. The van der Waals surface area contributed by atoms with Crippen molar-refractivity contribution in [2.24, 2.45) is 5.92 Å². The molecule has 1 amide bonds. The van der Waals surface area contributed by atoms with E-state index in [4.69, 9.17) is 5.11 Å². The van der Waals surface area contributed by atoms with Gasteiger partial charge in [-0.1, -0.05) is 0 Å². The first-order valence-corrected chi connectivity index (χ1v) is 8.15. The molecule has 120 valence electrons. The molecule has 0 saturated carbocycles. The molecule has 2 aromatic heterocycles. The smallest absolute Gasteiger partial charge is 0.308 e. The SMILES string of the molecule is Cc1nc(-c2ncccn2)sc1C(=O)N1CCCC(C(=O)O)C1. The summed E-state index contributed by atoms with van der Waals surface area (Å²) in [5.41, 5.74) is 0.625. The van der Waals surface area contributed by atoms with Crippen LogP contribution in [0.5, 0.6) is 0 Å². The molecule has 1 fully saturated rings. The zero-order chi connectivity index (χ0) is 16.4. The first-order chi connectivity index (χ1) is 11.1. The second kappa shape index (κ2) is 6.41.